The summed E-state index contributed by atoms with van der Waals surface area (Å²) in [4.78, 5) is 19.8. The van der Waals surface area contributed by atoms with Gasteiger partial charge in [0.1, 0.15) is 36.2 Å². The number of hydrogen-bond acceptors (Lipinski definition) is 6. The molecule has 1 aromatic carbocycles. The number of pyridine rings is 1. The lowest BCUT2D eigenvalue weighted by Crippen LogP contribution is -2.27. The van der Waals surface area contributed by atoms with Crippen molar-refractivity contribution in [2.45, 2.75) is 44.6 Å². The molecule has 0 radical (unpaired) electrons. The molecule has 2 aromatic rings. The van der Waals surface area contributed by atoms with E-state index in [4.69, 9.17) is 14.5 Å². The molecule has 0 saturated carbocycles. The van der Waals surface area contributed by atoms with Gasteiger partial charge in [0.15, 0.2) is 11.6 Å². The van der Waals surface area contributed by atoms with Gasteiger partial charge in [-0.05, 0) is 61.9 Å². The molecule has 5 rings (SSSR count). The number of nitrogens with one attached hydrogen (secondary N) is 2. The number of ether oxygens (including phenoxy) is 2. The SMILES string of the molecule is O=C(Cc1cc(F)cc(F)c1)Nc1ccc(NC(CC2=CC=CCC2)C2=COC=CO2)nc1N1CCCC1. The van der Waals surface area contributed by atoms with Gasteiger partial charge in [-0.15, -0.1) is 0 Å². The maximum absolute atomic E-state index is 13.6. The summed E-state index contributed by atoms with van der Waals surface area (Å²) in [6.07, 6.45) is 15.5. The predicted molar refractivity (Wildman–Crippen MR) is 142 cm³/mol. The maximum Gasteiger partial charge on any atom is 0.228 e. The predicted octanol–water partition coefficient (Wildman–Crippen LogP) is 5.95. The van der Waals surface area contributed by atoms with Crippen LogP contribution in [0.2, 0.25) is 0 Å². The third-order valence-electron chi connectivity index (χ3n) is 6.60. The smallest absolute Gasteiger partial charge is 0.228 e. The van der Waals surface area contributed by atoms with E-state index in [0.29, 0.717) is 23.1 Å². The van der Waals surface area contributed by atoms with Crippen LogP contribution >= 0.6 is 0 Å². The molecule has 1 amide bonds. The highest BCUT2D eigenvalue weighted by Crippen LogP contribution is 2.31. The quantitative estimate of drug-likeness (QED) is 0.426. The van der Waals surface area contributed by atoms with Gasteiger partial charge in [-0.2, -0.15) is 0 Å². The van der Waals surface area contributed by atoms with E-state index in [2.05, 4.69) is 33.8 Å². The summed E-state index contributed by atoms with van der Waals surface area (Å²) < 4.78 is 38.2. The number of benzene rings is 1. The van der Waals surface area contributed by atoms with Crippen molar-refractivity contribution in [3.63, 3.8) is 0 Å². The Hall–Kier alpha value is -4.14. The number of anilines is 3. The van der Waals surface area contributed by atoms with Gasteiger partial charge >= 0.3 is 0 Å². The zero-order chi connectivity index (χ0) is 26.3. The van der Waals surface area contributed by atoms with Crippen molar-refractivity contribution >= 4 is 23.2 Å². The van der Waals surface area contributed by atoms with Crippen LogP contribution in [0.3, 0.4) is 0 Å². The largest absolute Gasteiger partial charge is 0.466 e. The fourth-order valence-corrected chi connectivity index (χ4v) is 4.81. The highest BCUT2D eigenvalue weighted by Gasteiger charge is 2.23. The number of carbonyl (C=O) groups is 1. The minimum absolute atomic E-state index is 0.154. The van der Waals surface area contributed by atoms with Crippen LogP contribution in [0.1, 0.15) is 37.7 Å². The van der Waals surface area contributed by atoms with Gasteiger partial charge in [0.05, 0.1) is 18.2 Å². The molecular formula is C29H30F2N4O3. The van der Waals surface area contributed by atoms with E-state index in [1.54, 1.807) is 18.4 Å². The lowest BCUT2D eigenvalue weighted by atomic mass is 9.97. The van der Waals surface area contributed by atoms with Gasteiger partial charge in [-0.3, -0.25) is 4.79 Å². The zero-order valence-electron chi connectivity index (χ0n) is 21.0. The van der Waals surface area contributed by atoms with Crippen LogP contribution in [0.25, 0.3) is 0 Å². The third kappa shape index (κ3) is 6.59. The second-order valence-electron chi connectivity index (χ2n) is 9.50. The van der Waals surface area contributed by atoms with Crippen LogP contribution in [0.5, 0.6) is 0 Å². The third-order valence-corrected chi connectivity index (χ3v) is 6.60. The normalized spacial score (nSPS) is 17.3. The molecular weight excluding hydrogens is 490 g/mol. The van der Waals surface area contributed by atoms with E-state index in [0.717, 1.165) is 63.4 Å². The van der Waals surface area contributed by atoms with Crippen LogP contribution in [0.4, 0.5) is 26.1 Å². The van der Waals surface area contributed by atoms with Crippen LogP contribution in [0, 0.1) is 11.6 Å². The highest BCUT2D eigenvalue weighted by molar-refractivity contribution is 5.95. The van der Waals surface area contributed by atoms with Gasteiger partial charge in [-0.1, -0.05) is 23.8 Å². The molecule has 1 unspecified atom stereocenters. The monoisotopic (exact) mass is 520 g/mol. The van der Waals surface area contributed by atoms with Gasteiger partial charge < -0.3 is 25.0 Å². The summed E-state index contributed by atoms with van der Waals surface area (Å²) in [6.45, 7) is 1.65. The van der Waals surface area contributed by atoms with Crippen molar-refractivity contribution in [2.24, 2.45) is 0 Å². The Labute approximate surface area is 220 Å². The number of allylic oxidation sites excluding steroid dienone is 3. The summed E-state index contributed by atoms with van der Waals surface area (Å²) in [5.74, 6) is 0.128. The van der Waals surface area contributed by atoms with Crippen LogP contribution in [-0.2, 0) is 20.7 Å². The molecule has 3 aliphatic rings. The molecule has 1 aromatic heterocycles. The Morgan fingerprint density at radius 2 is 1.92 bits per heavy atom. The van der Waals surface area contributed by atoms with E-state index in [-0.39, 0.29) is 23.9 Å². The Kier molecular flexibility index (Phi) is 8.01. The Bertz CT molecular complexity index is 1280. The Morgan fingerprint density at radius 3 is 2.63 bits per heavy atom. The second kappa shape index (κ2) is 11.9. The molecule has 2 N–H and O–H groups in total. The molecule has 1 atom stereocenters. The van der Waals surface area contributed by atoms with E-state index < -0.39 is 11.6 Å². The zero-order valence-corrected chi connectivity index (χ0v) is 21.0. The minimum Gasteiger partial charge on any atom is -0.466 e. The summed E-state index contributed by atoms with van der Waals surface area (Å²) >= 11 is 0. The molecule has 38 heavy (non-hydrogen) atoms. The number of hydrogen-bond donors (Lipinski definition) is 2. The van der Waals surface area contributed by atoms with Gasteiger partial charge in [0.25, 0.3) is 0 Å². The van der Waals surface area contributed by atoms with Crippen molar-refractivity contribution < 1.29 is 23.0 Å². The first-order chi connectivity index (χ1) is 18.5. The minimum atomic E-state index is -0.713. The fraction of sp³-hybridized carbons (Fsp3) is 0.310. The van der Waals surface area contributed by atoms with Crippen molar-refractivity contribution in [2.75, 3.05) is 28.6 Å². The second-order valence-corrected chi connectivity index (χ2v) is 9.50. The Morgan fingerprint density at radius 1 is 1.11 bits per heavy atom. The molecule has 0 spiro atoms. The number of amides is 1. The van der Waals surface area contributed by atoms with E-state index in [1.165, 1.54) is 18.1 Å². The molecule has 0 bridgehead atoms. The maximum atomic E-state index is 13.6. The number of aromatic nitrogens is 1. The number of carbonyl (C=O) groups excluding carboxylic acids is 1. The molecule has 9 heteroatoms. The van der Waals surface area contributed by atoms with Crippen molar-refractivity contribution in [1.29, 1.82) is 0 Å². The summed E-state index contributed by atoms with van der Waals surface area (Å²) in [5, 5.41) is 6.37. The molecule has 3 heterocycles. The first kappa shape index (κ1) is 25.5. The lowest BCUT2D eigenvalue weighted by molar-refractivity contribution is -0.115. The molecule has 1 fully saturated rings. The first-order valence-corrected chi connectivity index (χ1v) is 12.8. The van der Waals surface area contributed by atoms with Crippen molar-refractivity contribution in [3.05, 3.63) is 95.9 Å². The van der Waals surface area contributed by atoms with Crippen LogP contribution < -0.4 is 15.5 Å². The van der Waals surface area contributed by atoms with E-state index in [1.807, 2.05) is 0 Å². The average molecular weight is 521 g/mol. The summed E-state index contributed by atoms with van der Waals surface area (Å²) in [6, 6.07) is 6.51. The number of rotatable bonds is 9. The molecule has 198 valence electrons. The number of halogens is 2. The van der Waals surface area contributed by atoms with Gasteiger partial charge in [0, 0.05) is 19.2 Å². The van der Waals surface area contributed by atoms with Gasteiger partial charge in [0.2, 0.25) is 5.91 Å². The molecule has 1 aliphatic carbocycles. The molecule has 7 nitrogen and oxygen atoms in total. The summed E-state index contributed by atoms with van der Waals surface area (Å²) in [5.41, 5.74) is 2.11. The van der Waals surface area contributed by atoms with Crippen LogP contribution in [-0.4, -0.2) is 30.0 Å². The first-order valence-electron chi connectivity index (χ1n) is 12.8. The highest BCUT2D eigenvalue weighted by atomic mass is 19.1. The molecule has 2 aliphatic heterocycles. The summed E-state index contributed by atoms with van der Waals surface area (Å²) in [7, 11) is 0. The Balaban J connectivity index is 1.36. The lowest BCUT2D eigenvalue weighted by Gasteiger charge is -2.26. The number of nitrogens with zero attached hydrogens (tertiary/aromatic N) is 2. The molecule has 1 saturated heterocycles. The fourth-order valence-electron chi connectivity index (χ4n) is 4.81. The van der Waals surface area contributed by atoms with Gasteiger partial charge in [-0.25, -0.2) is 13.8 Å². The topological polar surface area (TPSA) is 75.7 Å². The van der Waals surface area contributed by atoms with E-state index >= 15 is 0 Å². The van der Waals surface area contributed by atoms with Crippen LogP contribution in [0.15, 0.2) is 78.7 Å². The van der Waals surface area contributed by atoms with E-state index in [9.17, 15) is 13.6 Å². The van der Waals surface area contributed by atoms with Crippen molar-refractivity contribution in [1.82, 2.24) is 4.98 Å². The average Bonchev–Trinajstić information content (AvgIpc) is 3.45. The van der Waals surface area contributed by atoms with Crippen molar-refractivity contribution in [3.8, 4) is 0 Å². The standard InChI is InChI=1S/C29H30F2N4O3/c30-22-14-21(15-23(31)18-22)17-28(36)33-24-8-9-27(34-29(24)35-10-4-5-11-35)32-25(26-19-37-12-13-38-26)16-20-6-2-1-3-7-20/h1-2,6,8-9,12-15,18-19,25H,3-5,7,10-11,16-17H2,(H,32,34)(H,33,36).